The number of nitrogens with one attached hydrogen (secondary N) is 1. The summed E-state index contributed by atoms with van der Waals surface area (Å²) in [6.07, 6.45) is 2.93. The number of sulfonamides is 1. The van der Waals surface area contributed by atoms with Crippen LogP contribution in [0.2, 0.25) is 0 Å². The molecule has 0 spiro atoms. The van der Waals surface area contributed by atoms with Crippen LogP contribution in [-0.4, -0.2) is 20.5 Å². The average molecular weight is 357 g/mol. The number of aromatic nitrogens is 1. The molecule has 0 fully saturated rings. The molecule has 20 heavy (non-hydrogen) atoms. The van der Waals surface area contributed by atoms with E-state index in [-0.39, 0.29) is 4.90 Å². The SMILES string of the molecule is COc1cncc(NS(=O)(=O)c2ccc(Br)cc2C)c1. The minimum Gasteiger partial charge on any atom is -0.495 e. The van der Waals surface area contributed by atoms with Gasteiger partial charge in [-0.25, -0.2) is 8.42 Å². The fourth-order valence-corrected chi connectivity index (χ4v) is 3.45. The molecule has 0 saturated heterocycles. The quantitative estimate of drug-likeness (QED) is 0.914. The fraction of sp³-hybridized carbons (Fsp3) is 0.154. The van der Waals surface area contributed by atoms with E-state index in [1.165, 1.54) is 19.5 Å². The predicted molar refractivity (Wildman–Crippen MR) is 80.5 cm³/mol. The van der Waals surface area contributed by atoms with Gasteiger partial charge in [-0.3, -0.25) is 9.71 Å². The Bertz CT molecular complexity index is 732. The van der Waals surface area contributed by atoms with Crippen molar-refractivity contribution in [3.05, 3.63) is 46.7 Å². The monoisotopic (exact) mass is 356 g/mol. The molecule has 0 saturated carbocycles. The van der Waals surface area contributed by atoms with E-state index in [2.05, 4.69) is 25.6 Å². The summed E-state index contributed by atoms with van der Waals surface area (Å²) in [6, 6.07) is 6.55. The number of benzene rings is 1. The van der Waals surface area contributed by atoms with Crippen LogP contribution in [0.15, 0.2) is 46.0 Å². The molecular weight excluding hydrogens is 344 g/mol. The molecule has 0 aliphatic rings. The van der Waals surface area contributed by atoms with Crippen LogP contribution in [-0.2, 0) is 10.0 Å². The predicted octanol–water partition coefficient (Wildman–Crippen LogP) is 2.96. The lowest BCUT2D eigenvalue weighted by Gasteiger charge is -2.11. The second-order valence-electron chi connectivity index (χ2n) is 4.13. The summed E-state index contributed by atoms with van der Waals surface area (Å²) in [5, 5.41) is 0. The second-order valence-corrected chi connectivity index (χ2v) is 6.70. The zero-order valence-corrected chi connectivity index (χ0v) is 13.3. The molecule has 1 aromatic carbocycles. The lowest BCUT2D eigenvalue weighted by Crippen LogP contribution is -2.14. The molecule has 0 aliphatic carbocycles. The molecule has 5 nitrogen and oxygen atoms in total. The van der Waals surface area contributed by atoms with Gasteiger partial charge in [0.15, 0.2) is 0 Å². The van der Waals surface area contributed by atoms with E-state index >= 15 is 0 Å². The molecule has 2 aromatic rings. The van der Waals surface area contributed by atoms with Gasteiger partial charge < -0.3 is 4.74 Å². The summed E-state index contributed by atoms with van der Waals surface area (Å²) in [7, 11) is -2.16. The molecule has 1 heterocycles. The van der Waals surface area contributed by atoms with Crippen molar-refractivity contribution in [1.82, 2.24) is 4.98 Å². The maximum absolute atomic E-state index is 12.3. The zero-order chi connectivity index (χ0) is 14.8. The van der Waals surface area contributed by atoms with Gasteiger partial charge in [-0.1, -0.05) is 15.9 Å². The fourth-order valence-electron chi connectivity index (χ4n) is 1.71. The van der Waals surface area contributed by atoms with E-state index in [1.54, 1.807) is 31.2 Å². The van der Waals surface area contributed by atoms with Crippen LogP contribution >= 0.6 is 15.9 Å². The van der Waals surface area contributed by atoms with Crippen LogP contribution in [0.25, 0.3) is 0 Å². The van der Waals surface area contributed by atoms with Gasteiger partial charge in [0.25, 0.3) is 10.0 Å². The molecule has 0 amide bonds. The smallest absolute Gasteiger partial charge is 0.262 e. The molecule has 1 aromatic heterocycles. The summed E-state index contributed by atoms with van der Waals surface area (Å²) < 4.78 is 33.0. The highest BCUT2D eigenvalue weighted by Gasteiger charge is 2.17. The van der Waals surface area contributed by atoms with Crippen LogP contribution in [0.3, 0.4) is 0 Å². The highest BCUT2D eigenvalue weighted by molar-refractivity contribution is 9.10. The molecular formula is C13H13BrN2O3S. The third kappa shape index (κ3) is 3.29. The number of methoxy groups -OCH3 is 1. The van der Waals surface area contributed by atoms with Crippen LogP contribution in [0, 0.1) is 6.92 Å². The van der Waals surface area contributed by atoms with Gasteiger partial charge in [0, 0.05) is 10.5 Å². The number of ether oxygens (including phenoxy) is 1. The number of halogens is 1. The van der Waals surface area contributed by atoms with Crippen LogP contribution in [0.5, 0.6) is 5.75 Å². The summed E-state index contributed by atoms with van der Waals surface area (Å²) in [5.41, 5.74) is 1.01. The Morgan fingerprint density at radius 2 is 2.00 bits per heavy atom. The van der Waals surface area contributed by atoms with E-state index in [9.17, 15) is 8.42 Å². The van der Waals surface area contributed by atoms with Crippen molar-refractivity contribution >= 4 is 31.6 Å². The number of hydrogen-bond donors (Lipinski definition) is 1. The van der Waals surface area contributed by atoms with Crippen molar-refractivity contribution in [2.45, 2.75) is 11.8 Å². The van der Waals surface area contributed by atoms with Gasteiger partial charge in [-0.15, -0.1) is 0 Å². The number of aryl methyl sites for hydroxylation is 1. The lowest BCUT2D eigenvalue weighted by atomic mass is 10.2. The summed E-state index contributed by atoms with van der Waals surface area (Å²) in [6.45, 7) is 1.74. The average Bonchev–Trinajstić information content (AvgIpc) is 2.37. The first-order valence-corrected chi connectivity index (χ1v) is 7.98. The molecule has 7 heteroatoms. The van der Waals surface area contributed by atoms with Gasteiger partial charge in [0.05, 0.1) is 30.1 Å². The normalized spacial score (nSPS) is 11.2. The molecule has 0 aliphatic heterocycles. The summed E-state index contributed by atoms with van der Waals surface area (Å²) in [5.74, 6) is 0.484. The van der Waals surface area contributed by atoms with Crippen molar-refractivity contribution in [2.24, 2.45) is 0 Å². The number of rotatable bonds is 4. The maximum atomic E-state index is 12.3. The number of anilines is 1. The van der Waals surface area contributed by atoms with E-state index in [4.69, 9.17) is 4.74 Å². The Morgan fingerprint density at radius 1 is 1.25 bits per heavy atom. The van der Waals surface area contributed by atoms with E-state index in [0.29, 0.717) is 17.0 Å². The molecule has 1 N–H and O–H groups in total. The van der Waals surface area contributed by atoms with Gasteiger partial charge in [-0.2, -0.15) is 0 Å². The van der Waals surface area contributed by atoms with Gasteiger partial charge in [-0.05, 0) is 30.7 Å². The molecule has 2 rings (SSSR count). The molecule has 106 valence electrons. The standard InChI is InChI=1S/C13H13BrN2O3S/c1-9-5-10(14)3-4-13(9)20(17,18)16-11-6-12(19-2)8-15-7-11/h3-8,16H,1-2H3. The Kier molecular flexibility index (Phi) is 4.29. The Morgan fingerprint density at radius 3 is 2.65 bits per heavy atom. The van der Waals surface area contributed by atoms with E-state index < -0.39 is 10.0 Å². The second kappa shape index (κ2) is 5.80. The highest BCUT2D eigenvalue weighted by atomic mass is 79.9. The first-order valence-electron chi connectivity index (χ1n) is 5.70. The largest absolute Gasteiger partial charge is 0.495 e. The highest BCUT2D eigenvalue weighted by Crippen LogP contribution is 2.23. The van der Waals surface area contributed by atoms with Crippen LogP contribution in [0.1, 0.15) is 5.56 Å². The van der Waals surface area contributed by atoms with Gasteiger partial charge in [0.1, 0.15) is 5.75 Å². The summed E-state index contributed by atoms with van der Waals surface area (Å²) in [4.78, 5) is 4.14. The van der Waals surface area contributed by atoms with Gasteiger partial charge >= 0.3 is 0 Å². The molecule has 0 radical (unpaired) electrons. The third-order valence-electron chi connectivity index (χ3n) is 2.63. The Labute approximate surface area is 126 Å². The lowest BCUT2D eigenvalue weighted by molar-refractivity contribution is 0.413. The van der Waals surface area contributed by atoms with Crippen LogP contribution in [0.4, 0.5) is 5.69 Å². The maximum Gasteiger partial charge on any atom is 0.262 e. The summed E-state index contributed by atoms with van der Waals surface area (Å²) >= 11 is 3.31. The molecule has 0 bridgehead atoms. The minimum absolute atomic E-state index is 0.225. The van der Waals surface area contributed by atoms with Crippen LogP contribution < -0.4 is 9.46 Å². The van der Waals surface area contributed by atoms with E-state index in [1.807, 2.05) is 0 Å². The van der Waals surface area contributed by atoms with Crippen molar-refractivity contribution in [3.63, 3.8) is 0 Å². The van der Waals surface area contributed by atoms with Crippen molar-refractivity contribution in [2.75, 3.05) is 11.8 Å². The Hall–Kier alpha value is -1.60. The van der Waals surface area contributed by atoms with Crippen molar-refractivity contribution in [3.8, 4) is 5.75 Å². The number of pyridine rings is 1. The number of hydrogen-bond acceptors (Lipinski definition) is 4. The molecule has 0 unspecified atom stereocenters. The minimum atomic E-state index is -3.65. The van der Waals surface area contributed by atoms with Gasteiger partial charge in [0.2, 0.25) is 0 Å². The first-order chi connectivity index (χ1) is 9.42. The van der Waals surface area contributed by atoms with Crippen molar-refractivity contribution in [1.29, 1.82) is 0 Å². The topological polar surface area (TPSA) is 68.3 Å². The Balaban J connectivity index is 2.35. The number of nitrogens with zero attached hydrogens (tertiary/aromatic N) is 1. The van der Waals surface area contributed by atoms with E-state index in [0.717, 1.165) is 4.47 Å². The first kappa shape index (κ1) is 14.8. The third-order valence-corrected chi connectivity index (χ3v) is 4.66. The molecule has 0 atom stereocenters. The van der Waals surface area contributed by atoms with Crippen molar-refractivity contribution < 1.29 is 13.2 Å². The zero-order valence-electron chi connectivity index (χ0n) is 10.9.